The van der Waals surface area contributed by atoms with Crippen LogP contribution in [0.3, 0.4) is 0 Å². The molecule has 12 heavy (non-hydrogen) atoms. The van der Waals surface area contributed by atoms with Crippen LogP contribution in [0.1, 0.15) is 11.1 Å². The van der Waals surface area contributed by atoms with Gasteiger partial charge in [0.2, 0.25) is 0 Å². The van der Waals surface area contributed by atoms with Crippen molar-refractivity contribution >= 4 is 40.5 Å². The van der Waals surface area contributed by atoms with Crippen LogP contribution in [0, 0.1) is 13.8 Å². The fraction of sp³-hybridized carbons (Fsp3) is 0.250. The van der Waals surface area contributed by atoms with Gasteiger partial charge in [0.05, 0.1) is 15.1 Å². The Morgan fingerprint density at radius 1 is 0.833 bits per heavy atom. The van der Waals surface area contributed by atoms with Crippen molar-refractivity contribution in [3.05, 3.63) is 26.2 Å². The molecule has 0 spiro atoms. The number of hydrogen-bond donors (Lipinski definition) is 1. The molecule has 0 aliphatic rings. The minimum atomic E-state index is 0.377. The number of benzene rings is 1. The summed E-state index contributed by atoms with van der Waals surface area (Å²) in [6.45, 7) is 3.62. The Balaban J connectivity index is 3.60. The Labute approximate surface area is 86.4 Å². The average molecular weight is 225 g/mol. The summed E-state index contributed by atoms with van der Waals surface area (Å²) in [5.74, 6) is 0. The van der Waals surface area contributed by atoms with Gasteiger partial charge in [-0.05, 0) is 25.0 Å². The van der Waals surface area contributed by atoms with Crippen LogP contribution >= 0.6 is 34.8 Å². The Hall–Kier alpha value is -0.110. The third-order valence-corrected chi connectivity index (χ3v) is 3.37. The van der Waals surface area contributed by atoms with E-state index in [4.69, 9.17) is 40.5 Å². The van der Waals surface area contributed by atoms with Crippen LogP contribution in [-0.2, 0) is 0 Å². The first kappa shape index (κ1) is 9.97. The quantitative estimate of drug-likeness (QED) is 0.526. The summed E-state index contributed by atoms with van der Waals surface area (Å²) in [7, 11) is 0. The lowest BCUT2D eigenvalue weighted by Crippen LogP contribution is -1.96. The summed E-state index contributed by atoms with van der Waals surface area (Å²) in [5.41, 5.74) is 7.89. The lowest BCUT2D eigenvalue weighted by atomic mass is 10.1. The number of nitrogen functional groups attached to an aromatic ring is 1. The van der Waals surface area contributed by atoms with E-state index < -0.39 is 0 Å². The van der Waals surface area contributed by atoms with Crippen molar-refractivity contribution in [1.82, 2.24) is 0 Å². The van der Waals surface area contributed by atoms with Crippen molar-refractivity contribution in [3.8, 4) is 0 Å². The lowest BCUT2D eigenvalue weighted by molar-refractivity contribution is 1.39. The van der Waals surface area contributed by atoms with Crippen LogP contribution in [0.15, 0.2) is 0 Å². The zero-order valence-electron chi connectivity index (χ0n) is 6.71. The second-order valence-electron chi connectivity index (χ2n) is 2.61. The van der Waals surface area contributed by atoms with Crippen LogP contribution in [0.5, 0.6) is 0 Å². The van der Waals surface area contributed by atoms with Crippen LogP contribution in [0.25, 0.3) is 0 Å². The molecule has 0 atom stereocenters. The molecule has 4 heteroatoms. The van der Waals surface area contributed by atoms with E-state index in [1.165, 1.54) is 0 Å². The maximum atomic E-state index is 5.86. The summed E-state index contributed by atoms with van der Waals surface area (Å²) in [4.78, 5) is 0. The highest BCUT2D eigenvalue weighted by atomic mass is 35.5. The molecule has 0 aromatic heterocycles. The molecule has 0 amide bonds. The number of rotatable bonds is 0. The van der Waals surface area contributed by atoms with E-state index in [-0.39, 0.29) is 0 Å². The first-order valence-corrected chi connectivity index (χ1v) is 4.49. The Bertz CT molecular complexity index is 229. The van der Waals surface area contributed by atoms with E-state index in [0.717, 1.165) is 11.1 Å². The summed E-state index contributed by atoms with van der Waals surface area (Å²) in [5, 5.41) is 1.25. The van der Waals surface area contributed by atoms with Crippen LogP contribution < -0.4 is 5.73 Å². The molecule has 2 N–H and O–H groups in total. The minimum Gasteiger partial charge on any atom is -0.398 e. The molecule has 0 saturated heterocycles. The predicted octanol–water partition coefficient (Wildman–Crippen LogP) is 3.85. The van der Waals surface area contributed by atoms with Crippen molar-refractivity contribution < 1.29 is 0 Å². The molecule has 0 saturated carbocycles. The molecule has 0 aliphatic heterocycles. The normalized spacial score (nSPS) is 10.4. The standard InChI is InChI=1S/C8H8Cl3N/c1-3-5(9)7(11)6(10)4(2)8(3)12/h12H2,1-2H3. The molecule has 1 rings (SSSR count). The van der Waals surface area contributed by atoms with Crippen molar-refractivity contribution in [3.63, 3.8) is 0 Å². The fourth-order valence-corrected chi connectivity index (χ4v) is 1.67. The first-order chi connectivity index (χ1) is 5.46. The van der Waals surface area contributed by atoms with Gasteiger partial charge in [-0.2, -0.15) is 0 Å². The van der Waals surface area contributed by atoms with Crippen molar-refractivity contribution in [2.75, 3.05) is 5.73 Å². The molecule has 0 radical (unpaired) electrons. The van der Waals surface area contributed by atoms with Crippen molar-refractivity contribution in [1.29, 1.82) is 0 Å². The summed E-state index contributed by atoms with van der Waals surface area (Å²) >= 11 is 17.6. The number of anilines is 1. The van der Waals surface area contributed by atoms with Gasteiger partial charge >= 0.3 is 0 Å². The minimum absolute atomic E-state index is 0.377. The number of halogens is 3. The molecule has 1 nitrogen and oxygen atoms in total. The maximum absolute atomic E-state index is 5.86. The summed E-state index contributed by atoms with van der Waals surface area (Å²) < 4.78 is 0. The number of hydrogen-bond acceptors (Lipinski definition) is 1. The fourth-order valence-electron chi connectivity index (χ4n) is 0.943. The molecular formula is C8H8Cl3N. The van der Waals surface area contributed by atoms with E-state index in [1.54, 1.807) is 0 Å². The van der Waals surface area contributed by atoms with Crippen molar-refractivity contribution in [2.24, 2.45) is 0 Å². The van der Waals surface area contributed by atoms with E-state index in [2.05, 4.69) is 0 Å². The highest BCUT2D eigenvalue weighted by molar-refractivity contribution is 6.49. The highest BCUT2D eigenvalue weighted by Crippen LogP contribution is 2.39. The van der Waals surface area contributed by atoms with Crippen LogP contribution in [0.4, 0.5) is 5.69 Å². The SMILES string of the molecule is Cc1c(N)c(C)c(Cl)c(Cl)c1Cl. The molecule has 0 unspecified atom stereocenters. The van der Waals surface area contributed by atoms with Gasteiger partial charge in [-0.1, -0.05) is 34.8 Å². The predicted molar refractivity (Wildman–Crippen MR) is 55.4 cm³/mol. The highest BCUT2D eigenvalue weighted by Gasteiger charge is 2.13. The smallest absolute Gasteiger partial charge is 0.0785 e. The van der Waals surface area contributed by atoms with E-state index in [0.29, 0.717) is 20.8 Å². The van der Waals surface area contributed by atoms with Gasteiger partial charge in [0.15, 0.2) is 0 Å². The Kier molecular flexibility index (Phi) is 2.77. The molecule has 0 fully saturated rings. The topological polar surface area (TPSA) is 26.0 Å². The third-order valence-electron chi connectivity index (χ3n) is 1.85. The summed E-state index contributed by atoms with van der Waals surface area (Å²) in [6, 6.07) is 0. The summed E-state index contributed by atoms with van der Waals surface area (Å²) in [6.07, 6.45) is 0. The van der Waals surface area contributed by atoms with Gasteiger partial charge in [-0.3, -0.25) is 0 Å². The van der Waals surface area contributed by atoms with Gasteiger partial charge in [0.25, 0.3) is 0 Å². The largest absolute Gasteiger partial charge is 0.398 e. The van der Waals surface area contributed by atoms with Gasteiger partial charge in [0, 0.05) is 5.69 Å². The number of nitrogens with two attached hydrogens (primary N) is 1. The lowest BCUT2D eigenvalue weighted by Gasteiger charge is -2.10. The molecule has 1 aromatic rings. The maximum Gasteiger partial charge on any atom is 0.0785 e. The Morgan fingerprint density at radius 3 is 1.50 bits per heavy atom. The van der Waals surface area contributed by atoms with Crippen LogP contribution in [-0.4, -0.2) is 0 Å². The van der Waals surface area contributed by atoms with Gasteiger partial charge < -0.3 is 5.73 Å². The average Bonchev–Trinajstić information content (AvgIpc) is 2.08. The van der Waals surface area contributed by atoms with E-state index in [9.17, 15) is 0 Å². The monoisotopic (exact) mass is 223 g/mol. The van der Waals surface area contributed by atoms with Gasteiger partial charge in [0.1, 0.15) is 0 Å². The van der Waals surface area contributed by atoms with Gasteiger partial charge in [-0.15, -0.1) is 0 Å². The molecular weight excluding hydrogens is 216 g/mol. The molecule has 1 aromatic carbocycles. The molecule has 0 aliphatic carbocycles. The third kappa shape index (κ3) is 1.37. The Morgan fingerprint density at radius 2 is 1.17 bits per heavy atom. The van der Waals surface area contributed by atoms with E-state index in [1.807, 2.05) is 13.8 Å². The second-order valence-corrected chi connectivity index (χ2v) is 3.74. The zero-order valence-corrected chi connectivity index (χ0v) is 8.98. The zero-order chi connectivity index (χ0) is 9.46. The van der Waals surface area contributed by atoms with E-state index >= 15 is 0 Å². The molecule has 0 heterocycles. The molecule has 66 valence electrons. The first-order valence-electron chi connectivity index (χ1n) is 3.36. The van der Waals surface area contributed by atoms with Gasteiger partial charge in [-0.25, -0.2) is 0 Å². The van der Waals surface area contributed by atoms with Crippen molar-refractivity contribution in [2.45, 2.75) is 13.8 Å². The van der Waals surface area contributed by atoms with Crippen LogP contribution in [0.2, 0.25) is 15.1 Å². The molecule has 0 bridgehead atoms. The second kappa shape index (κ2) is 3.33.